The van der Waals surface area contributed by atoms with Gasteiger partial charge in [0.15, 0.2) is 0 Å². The van der Waals surface area contributed by atoms with Crippen molar-refractivity contribution in [1.82, 2.24) is 10.6 Å². The van der Waals surface area contributed by atoms with Crippen molar-refractivity contribution in [2.24, 2.45) is 0 Å². The summed E-state index contributed by atoms with van der Waals surface area (Å²) in [4.78, 5) is 39.2. The van der Waals surface area contributed by atoms with E-state index in [9.17, 15) is 14.4 Å². The lowest BCUT2D eigenvalue weighted by Gasteiger charge is -2.20. The molecule has 0 saturated heterocycles. The summed E-state index contributed by atoms with van der Waals surface area (Å²) in [7, 11) is 1.63. The van der Waals surface area contributed by atoms with Crippen molar-refractivity contribution in [1.29, 1.82) is 0 Å². The number of nitrogens with one attached hydrogen (secondary N) is 2. The van der Waals surface area contributed by atoms with Crippen LogP contribution in [0.1, 0.15) is 22.3 Å². The van der Waals surface area contributed by atoms with Gasteiger partial charge in [-0.3, -0.25) is 14.4 Å². The summed E-state index contributed by atoms with van der Waals surface area (Å²) in [5.41, 5.74) is 4.80. The summed E-state index contributed by atoms with van der Waals surface area (Å²) in [5.74, 6) is -1.49. The molecule has 0 radical (unpaired) electrons. The van der Waals surface area contributed by atoms with E-state index in [4.69, 9.17) is 4.74 Å². The molecule has 0 aromatic heterocycles. The minimum Gasteiger partial charge on any atom is -0.489 e. The Morgan fingerprint density at radius 2 is 1.72 bits per heavy atom. The third-order valence-electron chi connectivity index (χ3n) is 5.94. The van der Waals surface area contributed by atoms with Gasteiger partial charge in [-0.25, -0.2) is 0 Å². The van der Waals surface area contributed by atoms with Gasteiger partial charge in [-0.2, -0.15) is 0 Å². The Morgan fingerprint density at radius 1 is 0.972 bits per heavy atom. The van der Waals surface area contributed by atoms with Crippen molar-refractivity contribution >= 4 is 35.6 Å². The second-order valence-corrected chi connectivity index (χ2v) is 8.70. The quantitative estimate of drug-likeness (QED) is 0.416. The van der Waals surface area contributed by atoms with Crippen LogP contribution in [-0.2, 0) is 20.8 Å². The molecule has 4 rings (SSSR count). The number of likely N-dealkylation sites (N-methyl/N-ethyl adjacent to an activating group) is 1. The molecule has 1 aliphatic heterocycles. The first-order valence-electron chi connectivity index (χ1n) is 11.8. The Morgan fingerprint density at radius 3 is 2.47 bits per heavy atom. The van der Waals surface area contributed by atoms with E-state index >= 15 is 0 Å². The number of amides is 3. The SMILES string of the molecule is Cc1cccc(/C=C/c2ccc3c(c2)N(C)C(=O)[C@@H](NC(=O)C(=O)NCCc2ccccc2)CO3)c1. The van der Waals surface area contributed by atoms with Gasteiger partial charge in [-0.05, 0) is 42.2 Å². The Labute approximate surface area is 210 Å². The van der Waals surface area contributed by atoms with Crippen LogP contribution in [-0.4, -0.2) is 44.0 Å². The summed E-state index contributed by atoms with van der Waals surface area (Å²) in [6, 6.07) is 22.4. The Bertz CT molecular complexity index is 1290. The lowest BCUT2D eigenvalue weighted by Crippen LogP contribution is -2.53. The topological polar surface area (TPSA) is 87.7 Å². The van der Waals surface area contributed by atoms with Crippen LogP contribution < -0.4 is 20.3 Å². The van der Waals surface area contributed by atoms with E-state index in [-0.39, 0.29) is 12.5 Å². The number of benzene rings is 3. The molecular formula is C29H29N3O4. The highest BCUT2D eigenvalue weighted by Crippen LogP contribution is 2.32. The Hall–Kier alpha value is -4.39. The molecule has 2 N–H and O–H groups in total. The fourth-order valence-corrected chi connectivity index (χ4v) is 3.96. The van der Waals surface area contributed by atoms with E-state index in [1.165, 1.54) is 10.5 Å². The maximum absolute atomic E-state index is 13.1. The third kappa shape index (κ3) is 6.18. The molecule has 0 bridgehead atoms. The Balaban J connectivity index is 1.37. The molecule has 0 unspecified atom stereocenters. The first kappa shape index (κ1) is 24.7. The van der Waals surface area contributed by atoms with Crippen molar-refractivity contribution < 1.29 is 19.1 Å². The summed E-state index contributed by atoms with van der Waals surface area (Å²) >= 11 is 0. The molecule has 3 amide bonds. The van der Waals surface area contributed by atoms with E-state index in [0.29, 0.717) is 24.4 Å². The molecule has 1 aliphatic rings. The van der Waals surface area contributed by atoms with Gasteiger partial charge in [0.1, 0.15) is 18.4 Å². The highest BCUT2D eigenvalue weighted by Gasteiger charge is 2.32. The standard InChI is InChI=1S/C29H29N3O4/c1-20-7-6-10-22(17-20)11-12-23-13-14-26-25(18-23)32(2)29(35)24(19-36-26)31-28(34)27(33)30-16-15-21-8-4-3-5-9-21/h3-14,17-18,24H,15-16,19H2,1-2H3,(H,30,33)(H,31,34)/b12-11+/t24-/m0/s1. The van der Waals surface area contributed by atoms with E-state index < -0.39 is 17.9 Å². The zero-order valence-electron chi connectivity index (χ0n) is 20.4. The van der Waals surface area contributed by atoms with Gasteiger partial charge < -0.3 is 20.3 Å². The van der Waals surface area contributed by atoms with Gasteiger partial charge >= 0.3 is 11.8 Å². The second kappa shape index (κ2) is 11.4. The largest absolute Gasteiger partial charge is 0.489 e. The minimum atomic E-state index is -0.985. The average molecular weight is 484 g/mol. The number of fused-ring (bicyclic) bond motifs is 1. The van der Waals surface area contributed by atoms with E-state index in [1.807, 2.05) is 79.7 Å². The molecule has 0 spiro atoms. The molecule has 36 heavy (non-hydrogen) atoms. The van der Waals surface area contributed by atoms with Gasteiger partial charge in [0.2, 0.25) is 0 Å². The number of carbonyl (C=O) groups excluding carboxylic acids is 3. The average Bonchev–Trinajstić information content (AvgIpc) is 3.00. The molecular weight excluding hydrogens is 454 g/mol. The van der Waals surface area contributed by atoms with Gasteiger partial charge in [-0.1, -0.05) is 78.4 Å². The lowest BCUT2D eigenvalue weighted by molar-refractivity contribution is -0.140. The van der Waals surface area contributed by atoms with Gasteiger partial charge in [0, 0.05) is 13.6 Å². The predicted octanol–water partition coefficient (Wildman–Crippen LogP) is 3.36. The molecule has 0 saturated carbocycles. The van der Waals surface area contributed by atoms with E-state index in [1.54, 1.807) is 13.1 Å². The summed E-state index contributed by atoms with van der Waals surface area (Å²) in [6.07, 6.45) is 4.58. The van der Waals surface area contributed by atoms with Crippen LogP contribution >= 0.6 is 0 Å². The molecule has 3 aromatic carbocycles. The van der Waals surface area contributed by atoms with Crippen LogP contribution in [0.15, 0.2) is 72.8 Å². The number of nitrogens with zero attached hydrogens (tertiary/aromatic N) is 1. The third-order valence-corrected chi connectivity index (χ3v) is 5.94. The van der Waals surface area contributed by atoms with Crippen LogP contribution in [0.3, 0.4) is 0 Å². The molecule has 7 heteroatoms. The van der Waals surface area contributed by atoms with Crippen LogP contribution in [0.5, 0.6) is 5.75 Å². The predicted molar refractivity (Wildman–Crippen MR) is 141 cm³/mol. The van der Waals surface area contributed by atoms with Crippen LogP contribution in [0, 0.1) is 6.92 Å². The van der Waals surface area contributed by atoms with Gasteiger partial charge in [0.25, 0.3) is 5.91 Å². The van der Waals surface area contributed by atoms with E-state index in [2.05, 4.69) is 16.7 Å². The highest BCUT2D eigenvalue weighted by atomic mass is 16.5. The minimum absolute atomic E-state index is 0.0717. The zero-order chi connectivity index (χ0) is 25.5. The molecule has 3 aromatic rings. The lowest BCUT2D eigenvalue weighted by atomic mass is 10.1. The van der Waals surface area contributed by atoms with Crippen molar-refractivity contribution in [2.45, 2.75) is 19.4 Å². The molecule has 0 aliphatic carbocycles. The monoisotopic (exact) mass is 483 g/mol. The number of hydrogen-bond acceptors (Lipinski definition) is 4. The van der Waals surface area contributed by atoms with Gasteiger partial charge in [-0.15, -0.1) is 0 Å². The molecule has 7 nitrogen and oxygen atoms in total. The van der Waals surface area contributed by atoms with Crippen molar-refractivity contribution in [2.75, 3.05) is 25.1 Å². The summed E-state index contributed by atoms with van der Waals surface area (Å²) in [5, 5.41) is 5.10. The van der Waals surface area contributed by atoms with Crippen molar-refractivity contribution in [3.05, 3.63) is 95.1 Å². The van der Waals surface area contributed by atoms with Crippen LogP contribution in [0.25, 0.3) is 12.2 Å². The van der Waals surface area contributed by atoms with Crippen LogP contribution in [0.4, 0.5) is 5.69 Å². The fraction of sp³-hybridized carbons (Fsp3) is 0.207. The first-order chi connectivity index (χ1) is 17.4. The maximum atomic E-state index is 13.1. The van der Waals surface area contributed by atoms with Crippen molar-refractivity contribution in [3.63, 3.8) is 0 Å². The van der Waals surface area contributed by atoms with Crippen molar-refractivity contribution in [3.8, 4) is 5.75 Å². The molecule has 1 heterocycles. The molecule has 1 atom stereocenters. The maximum Gasteiger partial charge on any atom is 0.310 e. The van der Waals surface area contributed by atoms with E-state index in [0.717, 1.165) is 16.7 Å². The Kier molecular flexibility index (Phi) is 7.80. The first-order valence-corrected chi connectivity index (χ1v) is 11.8. The summed E-state index contributed by atoms with van der Waals surface area (Å²) in [6.45, 7) is 2.29. The van der Waals surface area contributed by atoms with Gasteiger partial charge in [0.05, 0.1) is 5.69 Å². The zero-order valence-corrected chi connectivity index (χ0v) is 20.4. The van der Waals surface area contributed by atoms with Crippen LogP contribution in [0.2, 0.25) is 0 Å². The highest BCUT2D eigenvalue weighted by molar-refractivity contribution is 6.35. The number of hydrogen-bond donors (Lipinski definition) is 2. The molecule has 184 valence electrons. The smallest absolute Gasteiger partial charge is 0.310 e. The second-order valence-electron chi connectivity index (χ2n) is 8.70. The number of carbonyl (C=O) groups is 3. The number of anilines is 1. The number of aryl methyl sites for hydroxylation is 1. The molecule has 0 fully saturated rings. The fourth-order valence-electron chi connectivity index (χ4n) is 3.96. The number of ether oxygens (including phenoxy) is 1. The normalized spacial score (nSPS) is 15.1. The summed E-state index contributed by atoms with van der Waals surface area (Å²) < 4.78 is 5.82. The number of rotatable bonds is 6.